The minimum atomic E-state index is -2.87. The van der Waals surface area contributed by atoms with Gasteiger partial charge >= 0.3 is 6.61 Å². The fraction of sp³-hybridized carbons (Fsp3) is 0.368. The van der Waals surface area contributed by atoms with E-state index in [1.165, 1.54) is 11.6 Å². The Labute approximate surface area is 151 Å². The van der Waals surface area contributed by atoms with Gasteiger partial charge in [0.2, 0.25) is 0 Å². The topological polar surface area (TPSA) is 24.5 Å². The number of hydrogen-bond donors (Lipinski definition) is 1. The Morgan fingerprint density at radius 2 is 1.84 bits per heavy atom. The molecule has 1 aliphatic heterocycles. The lowest BCUT2D eigenvalue weighted by atomic mass is 10.0. The molecule has 134 valence electrons. The third kappa shape index (κ3) is 5.31. The maximum Gasteiger partial charge on any atom is 0.387 e. The number of nitrogens with zero attached hydrogens (tertiary/aromatic N) is 1. The summed E-state index contributed by atoms with van der Waals surface area (Å²) in [7, 11) is 0. The molecule has 25 heavy (non-hydrogen) atoms. The van der Waals surface area contributed by atoms with Crippen molar-refractivity contribution in [1.29, 1.82) is 0 Å². The minimum Gasteiger partial charge on any atom is -0.433 e. The highest BCUT2D eigenvalue weighted by Gasteiger charge is 2.19. The molecule has 0 aromatic heterocycles. The van der Waals surface area contributed by atoms with Gasteiger partial charge in [0.05, 0.1) is 5.02 Å². The highest BCUT2D eigenvalue weighted by atomic mass is 35.5. The van der Waals surface area contributed by atoms with Crippen molar-refractivity contribution in [2.75, 3.05) is 18.4 Å². The predicted molar refractivity (Wildman–Crippen MR) is 96.4 cm³/mol. The van der Waals surface area contributed by atoms with Crippen LogP contribution >= 0.6 is 11.6 Å². The molecule has 1 fully saturated rings. The molecule has 0 saturated carbocycles. The molecule has 6 heteroatoms. The second-order valence-corrected chi connectivity index (χ2v) is 6.61. The van der Waals surface area contributed by atoms with Crippen molar-refractivity contribution < 1.29 is 13.5 Å². The van der Waals surface area contributed by atoms with Crippen LogP contribution in [0, 0.1) is 0 Å². The zero-order valence-corrected chi connectivity index (χ0v) is 14.6. The van der Waals surface area contributed by atoms with Gasteiger partial charge in [-0.05, 0) is 36.6 Å². The lowest BCUT2D eigenvalue weighted by Gasteiger charge is -2.33. The monoisotopic (exact) mass is 366 g/mol. The normalized spacial score (nSPS) is 16.2. The third-order valence-electron chi connectivity index (χ3n) is 4.36. The van der Waals surface area contributed by atoms with E-state index in [0.29, 0.717) is 6.04 Å². The van der Waals surface area contributed by atoms with E-state index in [0.717, 1.165) is 38.2 Å². The average molecular weight is 367 g/mol. The molecule has 1 saturated heterocycles. The van der Waals surface area contributed by atoms with Crippen LogP contribution < -0.4 is 10.1 Å². The van der Waals surface area contributed by atoms with Crippen LogP contribution in [-0.4, -0.2) is 30.6 Å². The van der Waals surface area contributed by atoms with E-state index in [2.05, 4.69) is 39.2 Å². The molecule has 0 spiro atoms. The number of benzene rings is 2. The number of rotatable bonds is 6. The third-order valence-corrected chi connectivity index (χ3v) is 4.65. The van der Waals surface area contributed by atoms with Crippen LogP contribution in [0.1, 0.15) is 18.4 Å². The van der Waals surface area contributed by atoms with E-state index in [1.807, 2.05) is 6.07 Å². The van der Waals surface area contributed by atoms with Crippen molar-refractivity contribution in [3.05, 3.63) is 59.1 Å². The van der Waals surface area contributed by atoms with Crippen molar-refractivity contribution in [1.82, 2.24) is 4.90 Å². The van der Waals surface area contributed by atoms with Crippen molar-refractivity contribution in [2.24, 2.45) is 0 Å². The Hall–Kier alpha value is -1.85. The smallest absolute Gasteiger partial charge is 0.387 e. The molecular weight excluding hydrogens is 346 g/mol. The van der Waals surface area contributed by atoms with Crippen LogP contribution in [0.2, 0.25) is 5.02 Å². The van der Waals surface area contributed by atoms with Crippen LogP contribution in [-0.2, 0) is 6.54 Å². The molecular formula is C19H21ClF2N2O. The van der Waals surface area contributed by atoms with Gasteiger partial charge in [0.15, 0.2) is 0 Å². The number of nitrogens with one attached hydrogen (secondary N) is 1. The first-order chi connectivity index (χ1) is 12.1. The van der Waals surface area contributed by atoms with Gasteiger partial charge in [0.25, 0.3) is 0 Å². The number of anilines is 1. The molecule has 0 amide bonds. The van der Waals surface area contributed by atoms with Gasteiger partial charge in [-0.15, -0.1) is 0 Å². The second-order valence-electron chi connectivity index (χ2n) is 6.20. The Morgan fingerprint density at radius 1 is 1.12 bits per heavy atom. The summed E-state index contributed by atoms with van der Waals surface area (Å²) in [6.45, 7) is 0.143. The summed E-state index contributed by atoms with van der Waals surface area (Å²) in [6.07, 6.45) is 2.06. The lowest BCUT2D eigenvalue weighted by Crippen LogP contribution is -2.38. The Bertz CT molecular complexity index is 676. The quantitative estimate of drug-likeness (QED) is 0.777. The molecule has 0 unspecified atom stereocenters. The highest BCUT2D eigenvalue weighted by molar-refractivity contribution is 6.32. The number of piperidine rings is 1. The fourth-order valence-electron chi connectivity index (χ4n) is 3.09. The Morgan fingerprint density at radius 3 is 2.48 bits per heavy atom. The summed E-state index contributed by atoms with van der Waals surface area (Å²) in [5, 5.41) is 3.62. The molecule has 2 aromatic rings. The average Bonchev–Trinajstić information content (AvgIpc) is 2.60. The number of halogens is 3. The SMILES string of the molecule is FC(F)Oc1ccc(NC2CCN(Cc3ccccc3)CC2)cc1Cl. The number of ether oxygens (including phenoxy) is 1. The number of hydrogen-bond acceptors (Lipinski definition) is 3. The molecule has 0 atom stereocenters. The van der Waals surface area contributed by atoms with Gasteiger partial charge in [0, 0.05) is 31.4 Å². The van der Waals surface area contributed by atoms with Crippen LogP contribution in [0.15, 0.2) is 48.5 Å². The summed E-state index contributed by atoms with van der Waals surface area (Å²) in [6, 6.07) is 15.6. The first-order valence-corrected chi connectivity index (χ1v) is 8.75. The molecule has 1 heterocycles. The van der Waals surface area contributed by atoms with Crippen molar-refractivity contribution in [3.8, 4) is 5.75 Å². The zero-order valence-electron chi connectivity index (χ0n) is 13.8. The van der Waals surface area contributed by atoms with Gasteiger partial charge < -0.3 is 10.1 Å². The summed E-state index contributed by atoms with van der Waals surface area (Å²) in [4.78, 5) is 2.44. The van der Waals surface area contributed by atoms with Gasteiger partial charge in [-0.1, -0.05) is 41.9 Å². The minimum absolute atomic E-state index is 0.0000953. The van der Waals surface area contributed by atoms with Crippen LogP contribution in [0.25, 0.3) is 0 Å². The molecule has 3 rings (SSSR count). The number of likely N-dealkylation sites (tertiary alicyclic amines) is 1. The Kier molecular flexibility index (Phi) is 6.10. The number of alkyl halides is 2. The van der Waals surface area contributed by atoms with Gasteiger partial charge in [-0.3, -0.25) is 4.90 Å². The molecule has 2 aromatic carbocycles. The molecule has 0 radical (unpaired) electrons. The zero-order chi connectivity index (χ0) is 17.6. The maximum atomic E-state index is 12.3. The van der Waals surface area contributed by atoms with E-state index in [4.69, 9.17) is 11.6 Å². The largest absolute Gasteiger partial charge is 0.433 e. The molecule has 0 aliphatic carbocycles. The summed E-state index contributed by atoms with van der Waals surface area (Å²) >= 11 is 6.00. The van der Waals surface area contributed by atoms with E-state index in [9.17, 15) is 8.78 Å². The maximum absolute atomic E-state index is 12.3. The van der Waals surface area contributed by atoms with Crippen LogP contribution in [0.4, 0.5) is 14.5 Å². The Balaban J connectivity index is 1.49. The van der Waals surface area contributed by atoms with E-state index in [-0.39, 0.29) is 10.8 Å². The summed E-state index contributed by atoms with van der Waals surface area (Å²) in [5.74, 6) is -0.0000953. The first kappa shape index (κ1) is 18.0. The molecule has 1 N–H and O–H groups in total. The van der Waals surface area contributed by atoms with Crippen molar-refractivity contribution in [3.63, 3.8) is 0 Å². The predicted octanol–water partition coefficient (Wildman–Crippen LogP) is 5.02. The van der Waals surface area contributed by atoms with Gasteiger partial charge in [0.1, 0.15) is 5.75 Å². The van der Waals surface area contributed by atoms with Gasteiger partial charge in [-0.25, -0.2) is 0 Å². The highest BCUT2D eigenvalue weighted by Crippen LogP contribution is 2.30. The fourth-order valence-corrected chi connectivity index (χ4v) is 3.32. The standard InChI is InChI=1S/C19H21ClF2N2O/c20-17-12-16(6-7-18(17)25-19(21)22)23-15-8-10-24(11-9-15)13-14-4-2-1-3-5-14/h1-7,12,15,19,23H,8-11,13H2. The van der Waals surface area contributed by atoms with Crippen molar-refractivity contribution >= 4 is 17.3 Å². The molecule has 3 nitrogen and oxygen atoms in total. The summed E-state index contributed by atoms with van der Waals surface area (Å²) in [5.41, 5.74) is 2.16. The lowest BCUT2D eigenvalue weighted by molar-refractivity contribution is -0.0497. The van der Waals surface area contributed by atoms with E-state index in [1.54, 1.807) is 12.1 Å². The molecule has 0 bridgehead atoms. The first-order valence-electron chi connectivity index (χ1n) is 8.37. The van der Waals surface area contributed by atoms with E-state index >= 15 is 0 Å². The molecule has 1 aliphatic rings. The van der Waals surface area contributed by atoms with Crippen LogP contribution in [0.3, 0.4) is 0 Å². The second kappa shape index (κ2) is 8.50. The van der Waals surface area contributed by atoms with Crippen molar-refractivity contribution in [2.45, 2.75) is 32.0 Å². The summed E-state index contributed by atoms with van der Waals surface area (Å²) < 4.78 is 28.9. The van der Waals surface area contributed by atoms with Crippen LogP contribution in [0.5, 0.6) is 5.75 Å². The van der Waals surface area contributed by atoms with Gasteiger partial charge in [-0.2, -0.15) is 8.78 Å². The van der Waals surface area contributed by atoms with E-state index < -0.39 is 6.61 Å².